The number of hydrogen-bond acceptors (Lipinski definition) is 4. The maximum absolute atomic E-state index is 3.87. The van der Waals surface area contributed by atoms with Gasteiger partial charge in [0.05, 0.1) is 0 Å². The summed E-state index contributed by atoms with van der Waals surface area (Å²) >= 11 is 0. The lowest BCUT2D eigenvalue weighted by atomic mass is 10.0. The van der Waals surface area contributed by atoms with Crippen LogP contribution in [-0.4, -0.2) is 79.6 Å². The lowest BCUT2D eigenvalue weighted by Gasteiger charge is -2.36. The fourth-order valence-corrected chi connectivity index (χ4v) is 4.85. The summed E-state index contributed by atoms with van der Waals surface area (Å²) in [4.78, 5) is 8.07. The monoisotopic (exact) mass is 406 g/mol. The molecular weight excluding hydrogens is 368 g/mol. The van der Waals surface area contributed by atoms with Gasteiger partial charge >= 0.3 is 0 Å². The molecule has 0 aromatic heterocycles. The number of benzene rings is 2. The number of fused-ring (bicyclic) bond motifs is 3. The van der Waals surface area contributed by atoms with Crippen LogP contribution < -0.4 is 5.32 Å². The third-order valence-electron chi connectivity index (χ3n) is 6.55. The van der Waals surface area contributed by atoms with Gasteiger partial charge in [0.1, 0.15) is 0 Å². The predicted molar refractivity (Wildman–Crippen MR) is 126 cm³/mol. The summed E-state index contributed by atoms with van der Waals surface area (Å²) in [6, 6.07) is 22.5. The smallest absolute Gasteiger partial charge is 0.0235 e. The number of hydrogen-bond donors (Lipinski definition) is 1. The Bertz CT molecular complexity index is 720. The van der Waals surface area contributed by atoms with Crippen molar-refractivity contribution in [3.8, 4) is 0 Å². The van der Waals surface area contributed by atoms with Gasteiger partial charge < -0.3 is 15.1 Å². The first-order chi connectivity index (χ1) is 14.8. The van der Waals surface area contributed by atoms with Crippen molar-refractivity contribution >= 4 is 0 Å². The fourth-order valence-electron chi connectivity index (χ4n) is 4.85. The van der Waals surface area contributed by atoms with Gasteiger partial charge in [0.15, 0.2) is 0 Å². The van der Waals surface area contributed by atoms with E-state index in [2.05, 4.69) is 80.7 Å². The van der Waals surface area contributed by atoms with Crippen molar-refractivity contribution in [2.24, 2.45) is 0 Å². The van der Waals surface area contributed by atoms with Gasteiger partial charge in [0, 0.05) is 45.3 Å². The van der Waals surface area contributed by atoms with Crippen molar-refractivity contribution in [3.63, 3.8) is 0 Å². The second-order valence-corrected chi connectivity index (χ2v) is 8.95. The Morgan fingerprint density at radius 2 is 1.33 bits per heavy atom. The van der Waals surface area contributed by atoms with Crippen LogP contribution in [0.15, 0.2) is 60.7 Å². The first-order valence-electron chi connectivity index (χ1n) is 11.8. The predicted octanol–water partition coefficient (Wildman–Crippen LogP) is 3.10. The molecular formula is C26H38N4. The molecule has 2 aromatic carbocycles. The van der Waals surface area contributed by atoms with Crippen LogP contribution in [0.5, 0.6) is 0 Å². The largest absolute Gasteiger partial charge is 0.312 e. The molecule has 2 aromatic rings. The normalized spacial score (nSPS) is 26.9. The van der Waals surface area contributed by atoms with Gasteiger partial charge in [-0.25, -0.2) is 0 Å². The second kappa shape index (κ2) is 11.6. The summed E-state index contributed by atoms with van der Waals surface area (Å²) in [5.74, 6) is 0. The first kappa shape index (κ1) is 21.5. The number of nitrogens with one attached hydrogen (secondary N) is 1. The van der Waals surface area contributed by atoms with E-state index in [0.717, 1.165) is 26.1 Å². The van der Waals surface area contributed by atoms with Crippen LogP contribution in [-0.2, 0) is 13.0 Å². The summed E-state index contributed by atoms with van der Waals surface area (Å²) in [6.45, 7) is 11.7. The quantitative estimate of drug-likeness (QED) is 0.842. The molecule has 4 rings (SSSR count). The standard InChI is InChI=1S/C26H38N4/c1-3-9-24(10-4-1)21-26-23-30-16-8-15-29(22-25-11-5-2-6-12-25)19-17-28(18-20-30)14-7-13-27-26/h1-6,9-12,26-27H,7-8,13-23H2. The number of rotatable bonds is 4. The van der Waals surface area contributed by atoms with Crippen LogP contribution in [0.4, 0.5) is 0 Å². The minimum Gasteiger partial charge on any atom is -0.312 e. The van der Waals surface area contributed by atoms with Gasteiger partial charge in [-0.15, -0.1) is 0 Å². The van der Waals surface area contributed by atoms with E-state index < -0.39 is 0 Å². The molecule has 3 unspecified atom stereocenters. The van der Waals surface area contributed by atoms with Gasteiger partial charge in [-0.1, -0.05) is 60.7 Å². The molecule has 3 atom stereocenters. The molecule has 2 aliphatic rings. The summed E-state index contributed by atoms with van der Waals surface area (Å²) in [5, 5.41) is 3.87. The zero-order valence-electron chi connectivity index (χ0n) is 18.4. The molecule has 0 aliphatic carbocycles. The Labute approximate surface area is 182 Å². The minimum absolute atomic E-state index is 0.544. The molecule has 0 amide bonds. The van der Waals surface area contributed by atoms with Gasteiger partial charge in [-0.2, -0.15) is 0 Å². The molecule has 30 heavy (non-hydrogen) atoms. The van der Waals surface area contributed by atoms with E-state index in [0.29, 0.717) is 6.04 Å². The Hall–Kier alpha value is -1.72. The Kier molecular flexibility index (Phi) is 8.33. The molecule has 2 aliphatic heterocycles. The van der Waals surface area contributed by atoms with E-state index in [1.54, 1.807) is 0 Å². The molecule has 2 saturated heterocycles. The summed E-state index contributed by atoms with van der Waals surface area (Å²) < 4.78 is 0. The first-order valence-corrected chi connectivity index (χ1v) is 11.8. The molecule has 0 saturated carbocycles. The van der Waals surface area contributed by atoms with Gasteiger partial charge in [0.25, 0.3) is 0 Å². The highest BCUT2D eigenvalue weighted by atomic mass is 15.2. The van der Waals surface area contributed by atoms with Gasteiger partial charge in [-0.05, 0) is 56.6 Å². The van der Waals surface area contributed by atoms with Gasteiger partial charge in [0.2, 0.25) is 0 Å². The third-order valence-corrected chi connectivity index (χ3v) is 6.55. The molecule has 0 radical (unpaired) electrons. The van der Waals surface area contributed by atoms with Crippen molar-refractivity contribution < 1.29 is 0 Å². The highest BCUT2D eigenvalue weighted by Gasteiger charge is 2.20. The lowest BCUT2D eigenvalue weighted by Crippen LogP contribution is -2.49. The molecule has 4 heteroatoms. The average Bonchev–Trinajstić information content (AvgIpc) is 2.78. The zero-order valence-corrected chi connectivity index (χ0v) is 18.4. The van der Waals surface area contributed by atoms with E-state index >= 15 is 0 Å². The van der Waals surface area contributed by atoms with Crippen molar-refractivity contribution in [3.05, 3.63) is 71.8 Å². The summed E-state index contributed by atoms with van der Waals surface area (Å²) in [5.41, 5.74) is 2.88. The van der Waals surface area contributed by atoms with E-state index in [-0.39, 0.29) is 0 Å². The molecule has 0 spiro atoms. The van der Waals surface area contributed by atoms with Crippen LogP contribution in [0.25, 0.3) is 0 Å². The molecule has 2 bridgehead atoms. The third kappa shape index (κ3) is 6.92. The highest BCUT2D eigenvalue weighted by molar-refractivity contribution is 5.16. The Morgan fingerprint density at radius 1 is 0.667 bits per heavy atom. The Balaban J connectivity index is 1.39. The van der Waals surface area contributed by atoms with Crippen molar-refractivity contribution in [1.29, 1.82) is 0 Å². The minimum atomic E-state index is 0.544. The van der Waals surface area contributed by atoms with E-state index in [1.165, 1.54) is 69.8 Å². The summed E-state index contributed by atoms with van der Waals surface area (Å²) in [6.07, 6.45) is 3.62. The van der Waals surface area contributed by atoms with Crippen LogP contribution in [0.3, 0.4) is 0 Å². The molecule has 4 nitrogen and oxygen atoms in total. The SMILES string of the molecule is c1ccc(CC2CN3CCCN(Cc4ccccc4)CCN(CCCN2)CC3)cc1. The van der Waals surface area contributed by atoms with Crippen molar-refractivity contribution in [2.75, 3.05) is 58.9 Å². The lowest BCUT2D eigenvalue weighted by molar-refractivity contribution is 0.132. The second-order valence-electron chi connectivity index (χ2n) is 8.95. The van der Waals surface area contributed by atoms with Crippen LogP contribution in [0.1, 0.15) is 24.0 Å². The van der Waals surface area contributed by atoms with Crippen molar-refractivity contribution in [1.82, 2.24) is 20.0 Å². The maximum Gasteiger partial charge on any atom is 0.0235 e. The van der Waals surface area contributed by atoms with E-state index in [1.807, 2.05) is 0 Å². The molecule has 2 fully saturated rings. The molecule has 162 valence electrons. The summed E-state index contributed by atoms with van der Waals surface area (Å²) in [7, 11) is 0. The topological polar surface area (TPSA) is 21.8 Å². The molecule has 1 N–H and O–H groups in total. The van der Waals surface area contributed by atoms with Crippen LogP contribution in [0, 0.1) is 0 Å². The maximum atomic E-state index is 3.87. The van der Waals surface area contributed by atoms with Crippen molar-refractivity contribution in [2.45, 2.75) is 31.8 Å². The van der Waals surface area contributed by atoms with Crippen LogP contribution >= 0.6 is 0 Å². The van der Waals surface area contributed by atoms with E-state index in [9.17, 15) is 0 Å². The zero-order chi connectivity index (χ0) is 20.4. The average molecular weight is 407 g/mol. The van der Waals surface area contributed by atoms with Gasteiger partial charge in [-0.3, -0.25) is 4.90 Å². The highest BCUT2D eigenvalue weighted by Crippen LogP contribution is 2.11. The van der Waals surface area contributed by atoms with Crippen LogP contribution in [0.2, 0.25) is 0 Å². The Morgan fingerprint density at radius 3 is 2.13 bits per heavy atom. The number of nitrogens with zero attached hydrogens (tertiary/aromatic N) is 3. The van der Waals surface area contributed by atoms with E-state index in [4.69, 9.17) is 0 Å². The molecule has 2 heterocycles. The fraction of sp³-hybridized carbons (Fsp3) is 0.538.